The molecule has 0 aromatic heterocycles. The van der Waals surface area contributed by atoms with Gasteiger partial charge in [-0.15, -0.1) is 0 Å². The van der Waals surface area contributed by atoms with Gasteiger partial charge in [0.1, 0.15) is 51.0 Å². The lowest BCUT2D eigenvalue weighted by Gasteiger charge is -2.24. The third-order valence-corrected chi connectivity index (χ3v) is 10.0. The number of ether oxygens (including phenoxy) is 9. The van der Waals surface area contributed by atoms with Crippen LogP contribution in [0.1, 0.15) is 36.7 Å². The fourth-order valence-electron chi connectivity index (χ4n) is 6.59. The molecule has 2 aromatic carbocycles. The van der Waals surface area contributed by atoms with Crippen molar-refractivity contribution in [3.63, 3.8) is 0 Å². The van der Waals surface area contributed by atoms with Gasteiger partial charge < -0.3 is 67.8 Å². The minimum Gasteiger partial charge on any atom is -0.488 e. The van der Waals surface area contributed by atoms with Gasteiger partial charge in [0.05, 0.1) is 72.5 Å². The Bertz CT molecular complexity index is 1720. The predicted molar refractivity (Wildman–Crippen MR) is 209 cm³/mol. The van der Waals surface area contributed by atoms with Crippen LogP contribution in [-0.4, -0.2) is 181 Å². The Labute approximate surface area is 348 Å². The lowest BCUT2D eigenvalue weighted by Crippen LogP contribution is -3.12. The molecule has 19 nitrogen and oxygen atoms in total. The molecule has 19 heteroatoms. The number of quaternary nitrogens is 2. The molecule has 5 atom stereocenters. The summed E-state index contributed by atoms with van der Waals surface area (Å²) in [4.78, 5) is 64.5. The maximum absolute atomic E-state index is 13.4. The zero-order valence-electron chi connectivity index (χ0n) is 34.4. The van der Waals surface area contributed by atoms with Gasteiger partial charge >= 0.3 is 23.9 Å². The molecule has 1 aliphatic heterocycles. The van der Waals surface area contributed by atoms with Crippen molar-refractivity contribution in [2.75, 3.05) is 112 Å². The van der Waals surface area contributed by atoms with Crippen LogP contribution in [0, 0.1) is 0 Å². The summed E-state index contributed by atoms with van der Waals surface area (Å²) < 4.78 is 49.6. The molecule has 0 saturated carbocycles. The normalized spacial score (nSPS) is 21.2. The Kier molecular flexibility index (Phi) is 20.1. The monoisotopic (exact) mass is 850 g/mol. The van der Waals surface area contributed by atoms with Crippen molar-refractivity contribution in [1.29, 1.82) is 0 Å². The molecule has 60 heavy (non-hydrogen) atoms. The Morgan fingerprint density at radius 2 is 0.933 bits per heavy atom. The van der Waals surface area contributed by atoms with Crippen molar-refractivity contribution < 1.29 is 91.7 Å². The second-order valence-corrected chi connectivity index (χ2v) is 13.8. The molecule has 0 bridgehead atoms. The van der Waals surface area contributed by atoms with E-state index in [9.17, 15) is 39.3 Å². The molecule has 1 fully saturated rings. The summed E-state index contributed by atoms with van der Waals surface area (Å²) in [6.45, 7) is 9.65. The second-order valence-electron chi connectivity index (χ2n) is 13.8. The SMILES string of the molecule is CC[NH+](CC)CCOc1ccc2c(c1)C(=O)c1cc(OCC[NH+](CC)CCOC(=O)C3OCCOCCOC(C(=O)O)C(C(=O)O)OCCOCCOC3C(=O)O)ccc1-2. The number of carboxylic acids is 3. The van der Waals surface area contributed by atoms with Crippen LogP contribution in [0.4, 0.5) is 0 Å². The van der Waals surface area contributed by atoms with Crippen LogP contribution >= 0.6 is 0 Å². The molecule has 0 spiro atoms. The Hall–Kier alpha value is -4.73. The van der Waals surface area contributed by atoms with Crippen LogP contribution < -0.4 is 19.3 Å². The average molecular weight is 851 g/mol. The summed E-state index contributed by atoms with van der Waals surface area (Å²) in [6, 6.07) is 11.1. The van der Waals surface area contributed by atoms with E-state index in [2.05, 4.69) is 13.8 Å². The zero-order valence-corrected chi connectivity index (χ0v) is 34.4. The molecule has 0 amide bonds. The minimum atomic E-state index is -1.82. The Balaban J connectivity index is 1.26. The van der Waals surface area contributed by atoms with Gasteiger partial charge in [0.25, 0.3) is 0 Å². The number of ketones is 1. The van der Waals surface area contributed by atoms with E-state index >= 15 is 0 Å². The highest BCUT2D eigenvalue weighted by molar-refractivity contribution is 6.22. The van der Waals surface area contributed by atoms with E-state index in [4.69, 9.17) is 42.6 Å². The van der Waals surface area contributed by atoms with Gasteiger partial charge in [-0.2, -0.15) is 0 Å². The number of aliphatic carboxylic acids is 3. The largest absolute Gasteiger partial charge is 0.488 e. The van der Waals surface area contributed by atoms with E-state index in [1.165, 1.54) is 4.90 Å². The summed E-state index contributed by atoms with van der Waals surface area (Å²) >= 11 is 0. The first-order chi connectivity index (χ1) is 29.0. The number of nitrogens with one attached hydrogen (secondary N) is 2. The minimum absolute atomic E-state index is 0.0683. The molecule has 0 radical (unpaired) electrons. The van der Waals surface area contributed by atoms with Crippen LogP contribution in [0.3, 0.4) is 0 Å². The van der Waals surface area contributed by atoms with Gasteiger partial charge in [-0.25, -0.2) is 19.2 Å². The van der Waals surface area contributed by atoms with Crippen molar-refractivity contribution in [1.82, 2.24) is 0 Å². The fraction of sp³-hybridized carbons (Fsp3) is 0.585. The number of carbonyl (C=O) groups is 5. The van der Waals surface area contributed by atoms with E-state index in [0.29, 0.717) is 55.5 Å². The van der Waals surface area contributed by atoms with Crippen LogP contribution in [-0.2, 0) is 52.3 Å². The molecule has 5 unspecified atom stereocenters. The van der Waals surface area contributed by atoms with Crippen molar-refractivity contribution in [2.24, 2.45) is 0 Å². The second kappa shape index (κ2) is 25.1. The van der Waals surface area contributed by atoms with Gasteiger partial charge in [0.2, 0.25) is 0 Å². The van der Waals surface area contributed by atoms with E-state index in [1.807, 2.05) is 31.2 Å². The molecule has 4 rings (SSSR count). The van der Waals surface area contributed by atoms with E-state index < -0.39 is 48.3 Å². The number of hydrogen-bond acceptors (Lipinski definition) is 14. The van der Waals surface area contributed by atoms with Gasteiger partial charge in [-0.1, -0.05) is 0 Å². The Morgan fingerprint density at radius 3 is 1.35 bits per heavy atom. The summed E-state index contributed by atoms with van der Waals surface area (Å²) in [5.74, 6) is -4.42. The van der Waals surface area contributed by atoms with Crippen molar-refractivity contribution >= 4 is 29.7 Å². The number of benzene rings is 2. The van der Waals surface area contributed by atoms with Crippen LogP contribution in [0.2, 0.25) is 0 Å². The summed E-state index contributed by atoms with van der Waals surface area (Å²) in [5.41, 5.74) is 2.85. The highest BCUT2D eigenvalue weighted by Gasteiger charge is 2.38. The van der Waals surface area contributed by atoms with Crippen LogP contribution in [0.5, 0.6) is 11.5 Å². The van der Waals surface area contributed by atoms with Crippen molar-refractivity contribution in [3.8, 4) is 22.6 Å². The van der Waals surface area contributed by atoms with Crippen molar-refractivity contribution in [2.45, 2.75) is 45.2 Å². The first-order valence-electron chi connectivity index (χ1n) is 20.2. The summed E-state index contributed by atoms with van der Waals surface area (Å²) in [5, 5.41) is 28.8. The third kappa shape index (κ3) is 14.2. The fourth-order valence-corrected chi connectivity index (χ4v) is 6.59. The van der Waals surface area contributed by atoms with Gasteiger partial charge in [-0.3, -0.25) is 4.79 Å². The molecule has 2 aliphatic rings. The molecule has 5 N–H and O–H groups in total. The molecule has 1 heterocycles. The van der Waals surface area contributed by atoms with Crippen molar-refractivity contribution in [3.05, 3.63) is 47.5 Å². The first-order valence-corrected chi connectivity index (χ1v) is 20.2. The van der Waals surface area contributed by atoms with E-state index in [0.717, 1.165) is 35.7 Å². The number of hydrogen-bond donors (Lipinski definition) is 5. The van der Waals surface area contributed by atoms with E-state index in [1.54, 1.807) is 12.1 Å². The molecular weight excluding hydrogens is 792 g/mol. The van der Waals surface area contributed by atoms with Gasteiger partial charge in [0, 0.05) is 11.1 Å². The highest BCUT2D eigenvalue weighted by atomic mass is 16.6. The lowest BCUT2D eigenvalue weighted by molar-refractivity contribution is -0.898. The lowest BCUT2D eigenvalue weighted by atomic mass is 10.1. The number of carboxylic acid groups (broad SMARTS) is 3. The van der Waals surface area contributed by atoms with E-state index in [-0.39, 0.29) is 65.2 Å². The zero-order chi connectivity index (χ0) is 43.4. The maximum atomic E-state index is 13.4. The number of esters is 1. The molecule has 332 valence electrons. The number of fused-ring (bicyclic) bond motifs is 3. The molecule has 2 aromatic rings. The van der Waals surface area contributed by atoms with Gasteiger partial charge in [-0.05, 0) is 68.3 Å². The summed E-state index contributed by atoms with van der Waals surface area (Å²) in [7, 11) is 0. The number of likely N-dealkylation sites (N-methyl/N-ethyl adjacent to an activating group) is 2. The smallest absolute Gasteiger partial charge is 0.338 e. The highest BCUT2D eigenvalue weighted by Crippen LogP contribution is 2.39. The number of carbonyl (C=O) groups excluding carboxylic acids is 2. The molecular formula is C41H58N2O17+2. The van der Waals surface area contributed by atoms with Gasteiger partial charge in [0.15, 0.2) is 30.2 Å². The average Bonchev–Trinajstić information content (AvgIpc) is 3.50. The number of rotatable bonds is 18. The quantitative estimate of drug-likeness (QED) is 0.0953. The summed E-state index contributed by atoms with van der Waals surface area (Å²) in [6.07, 6.45) is -7.07. The van der Waals surface area contributed by atoms with Crippen LogP contribution in [0.15, 0.2) is 36.4 Å². The molecule has 1 aliphatic carbocycles. The topological polar surface area (TPSA) is 238 Å². The van der Waals surface area contributed by atoms with Crippen LogP contribution in [0.25, 0.3) is 11.1 Å². The Morgan fingerprint density at radius 1 is 0.550 bits per heavy atom. The predicted octanol–water partition coefficient (Wildman–Crippen LogP) is -1.13. The maximum Gasteiger partial charge on any atom is 0.338 e. The standard InChI is InChI=1S/C41H56N2O17/c1-4-42(5-2)11-14-54-27-7-9-29-30-10-8-28(26-32(30)33(44)31(29)25-27)55-15-12-43(6-3)13-16-60-41(51)37-36(40(49)50)58-23-19-52-17-21-56-34(38(45)46)35(39(47)48)57-22-18-53-20-24-59-37/h7-10,25-26,34-37H,4-6,11-24H2,1-3H3,(H,45,46)(H,47,48)(H,49,50)/p+2. The molecule has 1 saturated heterocycles. The third-order valence-electron chi connectivity index (χ3n) is 10.0. The first kappa shape index (κ1) is 47.9.